The van der Waals surface area contributed by atoms with E-state index in [1.54, 1.807) is 37.5 Å². The summed E-state index contributed by atoms with van der Waals surface area (Å²) in [5, 5.41) is 9.70. The number of ketones is 2. The molecule has 0 unspecified atom stereocenters. The number of hydrogen-bond donors (Lipinski definition) is 1. The molecule has 0 aliphatic heterocycles. The second kappa shape index (κ2) is 16.6. The quantitative estimate of drug-likeness (QED) is 0.0898. The lowest BCUT2D eigenvalue weighted by atomic mass is 10.1. The van der Waals surface area contributed by atoms with Crippen LogP contribution in [0.25, 0.3) is 12.2 Å². The fourth-order valence-electron chi connectivity index (χ4n) is 4.00. The third kappa shape index (κ3) is 9.81. The highest BCUT2D eigenvalue weighted by atomic mass is 127. The largest absolute Gasteiger partial charge is 0.507 e. The summed E-state index contributed by atoms with van der Waals surface area (Å²) in [6.07, 6.45) is 6.58. The Morgan fingerprint density at radius 1 is 0.636 bits per heavy atom. The van der Waals surface area contributed by atoms with Gasteiger partial charge >= 0.3 is 0 Å². The van der Waals surface area contributed by atoms with E-state index in [1.165, 1.54) is 12.1 Å². The zero-order valence-electron chi connectivity index (χ0n) is 24.1. The van der Waals surface area contributed by atoms with E-state index in [2.05, 4.69) is 22.6 Å². The Balaban J connectivity index is 0.000000209. The molecule has 0 amide bonds. The summed E-state index contributed by atoms with van der Waals surface area (Å²) < 4.78 is 11.8. The molecule has 5 nitrogen and oxygen atoms in total. The fraction of sp³-hybridized carbons (Fsp3) is 0.0526. The number of methoxy groups -OCH3 is 1. The van der Waals surface area contributed by atoms with Gasteiger partial charge in [0.25, 0.3) is 0 Å². The number of rotatable bonds is 10. The van der Waals surface area contributed by atoms with Crippen molar-refractivity contribution in [2.45, 2.75) is 6.61 Å². The van der Waals surface area contributed by atoms with Crippen LogP contribution in [0.2, 0.25) is 0 Å². The second-order valence-electron chi connectivity index (χ2n) is 9.51. The predicted molar refractivity (Wildman–Crippen MR) is 184 cm³/mol. The number of aromatic hydroxyl groups is 1. The smallest absolute Gasteiger partial charge is 0.189 e. The molecule has 5 rings (SSSR count). The Bertz CT molecular complexity index is 1720. The Hall–Kier alpha value is -4.95. The molecule has 0 bridgehead atoms. The van der Waals surface area contributed by atoms with Crippen LogP contribution in [0.3, 0.4) is 0 Å². The van der Waals surface area contributed by atoms with Crippen LogP contribution in [0.1, 0.15) is 37.4 Å². The van der Waals surface area contributed by atoms with Crippen LogP contribution in [0.5, 0.6) is 17.2 Å². The van der Waals surface area contributed by atoms with Crippen LogP contribution in [-0.4, -0.2) is 23.8 Å². The number of carbonyl (C=O) groups excluding carboxylic acids is 2. The number of phenolic OH excluding ortho intramolecular Hbond substituents is 1. The van der Waals surface area contributed by atoms with Crippen molar-refractivity contribution in [2.75, 3.05) is 7.11 Å². The molecule has 0 aliphatic rings. The maximum Gasteiger partial charge on any atom is 0.189 e. The van der Waals surface area contributed by atoms with E-state index in [-0.39, 0.29) is 17.3 Å². The molecule has 0 heterocycles. The van der Waals surface area contributed by atoms with Gasteiger partial charge in [-0.1, -0.05) is 91.0 Å². The molecular formula is C38H31IO5. The molecule has 0 saturated carbocycles. The van der Waals surface area contributed by atoms with Crippen molar-refractivity contribution < 1.29 is 24.2 Å². The lowest BCUT2D eigenvalue weighted by Gasteiger charge is -2.06. The number of hydrogen-bond acceptors (Lipinski definition) is 5. The van der Waals surface area contributed by atoms with Gasteiger partial charge in [-0.05, 0) is 100.0 Å². The summed E-state index contributed by atoms with van der Waals surface area (Å²) in [5.74, 6) is 1.35. The second-order valence-corrected chi connectivity index (χ2v) is 10.7. The SMILES string of the molecule is COc1ccc(/C=C/C(=O)c2ccccc2I)cc1.O=C(/C=C/c1ccc(OCc2ccccc2)cc1)c1ccccc1O. The van der Waals surface area contributed by atoms with Crippen molar-refractivity contribution in [1.29, 1.82) is 0 Å². The highest BCUT2D eigenvalue weighted by Crippen LogP contribution is 2.19. The van der Waals surface area contributed by atoms with Gasteiger partial charge < -0.3 is 14.6 Å². The maximum atomic E-state index is 12.1. The van der Waals surface area contributed by atoms with Gasteiger partial charge in [-0.3, -0.25) is 9.59 Å². The highest BCUT2D eigenvalue weighted by Gasteiger charge is 2.07. The average molecular weight is 695 g/mol. The predicted octanol–water partition coefficient (Wildman–Crippen LogP) is 9.06. The topological polar surface area (TPSA) is 72.8 Å². The first-order valence-electron chi connectivity index (χ1n) is 13.8. The van der Waals surface area contributed by atoms with Gasteiger partial charge in [0.2, 0.25) is 0 Å². The Morgan fingerprint density at radius 3 is 1.70 bits per heavy atom. The van der Waals surface area contributed by atoms with Crippen molar-refractivity contribution >= 4 is 46.3 Å². The van der Waals surface area contributed by atoms with Crippen molar-refractivity contribution in [2.24, 2.45) is 0 Å². The maximum absolute atomic E-state index is 12.1. The molecular weight excluding hydrogens is 663 g/mol. The van der Waals surface area contributed by atoms with E-state index in [9.17, 15) is 14.7 Å². The van der Waals surface area contributed by atoms with E-state index < -0.39 is 0 Å². The van der Waals surface area contributed by atoms with E-state index in [0.717, 1.165) is 37.3 Å². The monoisotopic (exact) mass is 694 g/mol. The lowest BCUT2D eigenvalue weighted by Crippen LogP contribution is -1.96. The highest BCUT2D eigenvalue weighted by molar-refractivity contribution is 14.1. The molecule has 0 spiro atoms. The van der Waals surface area contributed by atoms with Crippen LogP contribution >= 0.6 is 22.6 Å². The third-order valence-electron chi connectivity index (χ3n) is 6.41. The van der Waals surface area contributed by atoms with Gasteiger partial charge in [0, 0.05) is 9.13 Å². The zero-order valence-corrected chi connectivity index (χ0v) is 26.3. The average Bonchev–Trinajstić information content (AvgIpc) is 3.07. The molecule has 44 heavy (non-hydrogen) atoms. The standard InChI is InChI=1S/C22H18O3.C16H13IO2/c23-21-9-5-4-8-20(21)22(24)15-12-17-10-13-19(14-11-17)25-16-18-6-2-1-3-7-18;1-19-13-9-6-12(7-10-13)8-11-16(18)14-4-2-3-5-15(14)17/h1-15,23H,16H2;2-11H,1H3/b15-12+;11-8+. The summed E-state index contributed by atoms with van der Waals surface area (Å²) >= 11 is 2.17. The minimum absolute atomic E-state index is 0.0122. The van der Waals surface area contributed by atoms with Crippen molar-refractivity contribution in [3.8, 4) is 17.2 Å². The minimum Gasteiger partial charge on any atom is -0.507 e. The minimum atomic E-state index is -0.234. The molecule has 0 aliphatic carbocycles. The Morgan fingerprint density at radius 2 is 1.14 bits per heavy atom. The summed E-state index contributed by atoms with van der Waals surface area (Å²) in [6, 6.07) is 39.1. The number of halogens is 1. The summed E-state index contributed by atoms with van der Waals surface area (Å²) in [7, 11) is 1.63. The molecule has 220 valence electrons. The van der Waals surface area contributed by atoms with E-state index in [1.807, 2.05) is 109 Å². The van der Waals surface area contributed by atoms with Gasteiger partial charge in [0.15, 0.2) is 11.6 Å². The number of para-hydroxylation sites is 1. The number of phenols is 1. The van der Waals surface area contributed by atoms with Gasteiger partial charge in [0.05, 0.1) is 12.7 Å². The zero-order chi connectivity index (χ0) is 31.1. The number of carbonyl (C=O) groups is 2. The number of ether oxygens (including phenoxy) is 2. The lowest BCUT2D eigenvalue weighted by molar-refractivity contribution is 0.103. The molecule has 0 radical (unpaired) electrons. The number of allylic oxidation sites excluding steroid dienone is 2. The Labute approximate surface area is 271 Å². The fourth-order valence-corrected chi connectivity index (χ4v) is 4.65. The molecule has 5 aromatic carbocycles. The molecule has 0 atom stereocenters. The number of benzene rings is 5. The van der Waals surface area contributed by atoms with Gasteiger partial charge in [-0.2, -0.15) is 0 Å². The van der Waals surface area contributed by atoms with E-state index in [0.29, 0.717) is 12.2 Å². The first kappa shape index (κ1) is 32.0. The molecule has 0 saturated heterocycles. The van der Waals surface area contributed by atoms with E-state index in [4.69, 9.17) is 9.47 Å². The summed E-state index contributed by atoms with van der Waals surface area (Å²) in [6.45, 7) is 0.516. The van der Waals surface area contributed by atoms with Crippen molar-refractivity contribution in [3.05, 3.63) is 171 Å². The third-order valence-corrected chi connectivity index (χ3v) is 7.35. The summed E-state index contributed by atoms with van der Waals surface area (Å²) in [5.41, 5.74) is 3.99. The van der Waals surface area contributed by atoms with E-state index >= 15 is 0 Å². The van der Waals surface area contributed by atoms with Crippen LogP contribution < -0.4 is 9.47 Å². The normalized spacial score (nSPS) is 10.7. The van der Waals surface area contributed by atoms with Crippen LogP contribution in [-0.2, 0) is 6.61 Å². The Kier molecular flexibility index (Phi) is 12.1. The van der Waals surface area contributed by atoms with Crippen molar-refractivity contribution in [1.82, 2.24) is 0 Å². The van der Waals surface area contributed by atoms with Gasteiger partial charge in [0.1, 0.15) is 23.9 Å². The molecule has 0 fully saturated rings. The molecule has 5 aromatic rings. The first-order chi connectivity index (χ1) is 21.4. The van der Waals surface area contributed by atoms with Crippen LogP contribution in [0.15, 0.2) is 140 Å². The molecule has 0 aromatic heterocycles. The van der Waals surface area contributed by atoms with Crippen molar-refractivity contribution in [3.63, 3.8) is 0 Å². The summed E-state index contributed by atoms with van der Waals surface area (Å²) in [4.78, 5) is 24.1. The molecule has 6 heteroatoms. The van der Waals surface area contributed by atoms with Gasteiger partial charge in [-0.15, -0.1) is 0 Å². The van der Waals surface area contributed by atoms with Crippen LogP contribution in [0, 0.1) is 3.57 Å². The first-order valence-corrected chi connectivity index (χ1v) is 14.9. The molecule has 1 N–H and O–H groups in total. The van der Waals surface area contributed by atoms with Crippen LogP contribution in [0.4, 0.5) is 0 Å². The van der Waals surface area contributed by atoms with Gasteiger partial charge in [-0.25, -0.2) is 0 Å².